The molecule has 0 saturated heterocycles. The zero-order valence-corrected chi connectivity index (χ0v) is 10.3. The predicted octanol–water partition coefficient (Wildman–Crippen LogP) is 3.65. The Morgan fingerprint density at radius 1 is 1.33 bits per heavy atom. The Balaban J connectivity index is 2.04. The molecule has 1 N–H and O–H groups in total. The summed E-state index contributed by atoms with van der Waals surface area (Å²) in [6.45, 7) is 2.14. The summed E-state index contributed by atoms with van der Waals surface area (Å²) in [6, 6.07) is 6.22. The number of aryl methyl sites for hydroxylation is 1. The minimum Gasteiger partial charge on any atom is -0.387 e. The first kappa shape index (κ1) is 10.9. The van der Waals surface area contributed by atoms with Crippen LogP contribution in [-0.4, -0.2) is 5.11 Å². The summed E-state index contributed by atoms with van der Waals surface area (Å²) in [5.41, 5.74) is 1.22. The third kappa shape index (κ3) is 2.68. The van der Waals surface area contributed by atoms with Crippen LogP contribution in [0.5, 0.6) is 0 Å². The van der Waals surface area contributed by atoms with Gasteiger partial charge in [0.15, 0.2) is 0 Å². The average Bonchev–Trinajstić information content (AvgIpc) is 2.86. The van der Waals surface area contributed by atoms with Crippen LogP contribution in [0.25, 0.3) is 0 Å². The van der Waals surface area contributed by atoms with Crippen molar-refractivity contribution in [3.05, 3.63) is 44.3 Å². The lowest BCUT2D eigenvalue weighted by Crippen LogP contribution is -1.97. The molecule has 1 unspecified atom stereocenters. The van der Waals surface area contributed by atoms with E-state index in [4.69, 9.17) is 0 Å². The van der Waals surface area contributed by atoms with Crippen LogP contribution in [0.3, 0.4) is 0 Å². The highest BCUT2D eigenvalue weighted by Gasteiger charge is 2.11. The van der Waals surface area contributed by atoms with Gasteiger partial charge in [-0.05, 0) is 40.9 Å². The summed E-state index contributed by atoms with van der Waals surface area (Å²) in [5.74, 6) is 0. The Morgan fingerprint density at radius 2 is 2.20 bits per heavy atom. The van der Waals surface area contributed by atoms with Gasteiger partial charge in [0, 0.05) is 16.2 Å². The fraction of sp³-hybridized carbons (Fsp3) is 0.333. The van der Waals surface area contributed by atoms with Crippen LogP contribution in [0, 0.1) is 0 Å². The van der Waals surface area contributed by atoms with Crippen LogP contribution in [0.2, 0.25) is 0 Å². The molecule has 1 atom stereocenters. The maximum atomic E-state index is 10.0. The number of aliphatic hydroxyl groups excluding tert-OH is 1. The summed E-state index contributed by atoms with van der Waals surface area (Å²) < 4.78 is 0. The van der Waals surface area contributed by atoms with E-state index in [0.29, 0.717) is 0 Å². The van der Waals surface area contributed by atoms with Crippen LogP contribution >= 0.6 is 22.7 Å². The Labute approximate surface area is 98.0 Å². The molecule has 2 rings (SSSR count). The number of thiophene rings is 2. The molecule has 0 radical (unpaired) electrons. The molecule has 80 valence electrons. The molecule has 0 saturated carbocycles. The average molecular weight is 238 g/mol. The van der Waals surface area contributed by atoms with Crippen molar-refractivity contribution in [2.45, 2.75) is 25.9 Å². The Kier molecular flexibility index (Phi) is 3.57. The fourth-order valence-corrected chi connectivity index (χ4v) is 3.12. The molecule has 0 aliphatic rings. The van der Waals surface area contributed by atoms with Crippen LogP contribution in [-0.2, 0) is 12.8 Å². The second-order valence-electron chi connectivity index (χ2n) is 3.51. The highest BCUT2D eigenvalue weighted by Crippen LogP contribution is 2.26. The van der Waals surface area contributed by atoms with Crippen molar-refractivity contribution in [3.63, 3.8) is 0 Å². The Hall–Kier alpha value is -0.640. The summed E-state index contributed by atoms with van der Waals surface area (Å²) in [6.07, 6.45) is 1.44. The minimum absolute atomic E-state index is 0.343. The van der Waals surface area contributed by atoms with Crippen molar-refractivity contribution in [2.24, 2.45) is 0 Å². The second kappa shape index (κ2) is 4.92. The number of aliphatic hydroxyl groups is 1. The smallest absolute Gasteiger partial charge is 0.0922 e. The van der Waals surface area contributed by atoms with E-state index in [9.17, 15) is 5.11 Å². The van der Waals surface area contributed by atoms with E-state index >= 15 is 0 Å². The number of hydrogen-bond acceptors (Lipinski definition) is 3. The van der Waals surface area contributed by atoms with Crippen molar-refractivity contribution in [3.8, 4) is 0 Å². The lowest BCUT2D eigenvalue weighted by Gasteiger charge is -2.06. The Bertz CT molecular complexity index is 403. The summed E-state index contributed by atoms with van der Waals surface area (Å²) in [7, 11) is 0. The maximum Gasteiger partial charge on any atom is 0.0922 e. The van der Waals surface area contributed by atoms with Crippen molar-refractivity contribution in [2.75, 3.05) is 0 Å². The van der Waals surface area contributed by atoms with Gasteiger partial charge < -0.3 is 5.11 Å². The summed E-state index contributed by atoms with van der Waals surface area (Å²) in [5, 5.41) is 14.2. The van der Waals surface area contributed by atoms with Gasteiger partial charge in [0.2, 0.25) is 0 Å². The molecule has 1 nitrogen and oxygen atoms in total. The molecule has 2 aromatic heterocycles. The second-order valence-corrected chi connectivity index (χ2v) is 5.49. The highest BCUT2D eigenvalue weighted by molar-refractivity contribution is 7.12. The standard InChI is InChI=1S/C12H14OS2/c1-2-10-3-4-12(15-10)11(13)7-9-5-6-14-8-9/h3-6,8,11,13H,2,7H2,1H3. The van der Waals surface area contributed by atoms with E-state index in [-0.39, 0.29) is 6.10 Å². The van der Waals surface area contributed by atoms with Gasteiger partial charge in [-0.1, -0.05) is 6.92 Å². The third-order valence-electron chi connectivity index (χ3n) is 2.37. The minimum atomic E-state index is -0.343. The molecule has 15 heavy (non-hydrogen) atoms. The van der Waals surface area contributed by atoms with Gasteiger partial charge >= 0.3 is 0 Å². The first-order valence-electron chi connectivity index (χ1n) is 5.07. The predicted molar refractivity (Wildman–Crippen MR) is 66.7 cm³/mol. The molecule has 2 heterocycles. The first-order chi connectivity index (χ1) is 7.29. The first-order valence-corrected chi connectivity index (χ1v) is 6.83. The van der Waals surface area contributed by atoms with Crippen LogP contribution in [0.1, 0.15) is 28.3 Å². The van der Waals surface area contributed by atoms with Crippen molar-refractivity contribution in [1.29, 1.82) is 0 Å². The third-order valence-corrected chi connectivity index (χ3v) is 4.43. The molecule has 0 amide bonds. The molecule has 0 aliphatic carbocycles. The topological polar surface area (TPSA) is 20.2 Å². The van der Waals surface area contributed by atoms with Gasteiger partial charge in [-0.25, -0.2) is 0 Å². The van der Waals surface area contributed by atoms with E-state index in [0.717, 1.165) is 17.7 Å². The molecule has 0 bridgehead atoms. The van der Waals surface area contributed by atoms with E-state index in [2.05, 4.69) is 24.4 Å². The van der Waals surface area contributed by atoms with Gasteiger partial charge in [0.25, 0.3) is 0 Å². The molecular weight excluding hydrogens is 224 g/mol. The van der Waals surface area contributed by atoms with E-state index in [1.807, 2.05) is 11.4 Å². The van der Waals surface area contributed by atoms with Crippen molar-refractivity contribution >= 4 is 22.7 Å². The number of hydrogen-bond donors (Lipinski definition) is 1. The molecule has 0 spiro atoms. The molecule has 3 heteroatoms. The normalized spacial score (nSPS) is 12.9. The quantitative estimate of drug-likeness (QED) is 0.862. The molecule has 0 aromatic carbocycles. The van der Waals surface area contributed by atoms with Gasteiger partial charge in [0.1, 0.15) is 0 Å². The van der Waals surface area contributed by atoms with Crippen molar-refractivity contribution < 1.29 is 5.11 Å². The van der Waals surface area contributed by atoms with E-state index < -0.39 is 0 Å². The van der Waals surface area contributed by atoms with Gasteiger partial charge in [-0.15, -0.1) is 11.3 Å². The summed E-state index contributed by atoms with van der Waals surface area (Å²) in [4.78, 5) is 2.42. The van der Waals surface area contributed by atoms with E-state index in [1.54, 1.807) is 22.7 Å². The number of rotatable bonds is 4. The summed E-state index contributed by atoms with van der Waals surface area (Å²) >= 11 is 3.39. The fourth-order valence-electron chi connectivity index (χ4n) is 1.50. The highest BCUT2D eigenvalue weighted by atomic mass is 32.1. The lowest BCUT2D eigenvalue weighted by molar-refractivity contribution is 0.182. The lowest BCUT2D eigenvalue weighted by atomic mass is 10.1. The molecule has 0 aliphatic heterocycles. The molecule has 2 aromatic rings. The van der Waals surface area contributed by atoms with Crippen LogP contribution in [0.4, 0.5) is 0 Å². The largest absolute Gasteiger partial charge is 0.387 e. The van der Waals surface area contributed by atoms with Gasteiger partial charge in [-0.3, -0.25) is 0 Å². The van der Waals surface area contributed by atoms with Gasteiger partial charge in [0.05, 0.1) is 6.10 Å². The van der Waals surface area contributed by atoms with E-state index in [1.165, 1.54) is 10.4 Å². The van der Waals surface area contributed by atoms with Crippen LogP contribution in [0.15, 0.2) is 29.0 Å². The maximum absolute atomic E-state index is 10.0. The zero-order chi connectivity index (χ0) is 10.7. The molecule has 0 fully saturated rings. The van der Waals surface area contributed by atoms with Crippen LogP contribution < -0.4 is 0 Å². The monoisotopic (exact) mass is 238 g/mol. The van der Waals surface area contributed by atoms with Gasteiger partial charge in [-0.2, -0.15) is 11.3 Å². The zero-order valence-electron chi connectivity index (χ0n) is 8.64. The van der Waals surface area contributed by atoms with Crippen molar-refractivity contribution in [1.82, 2.24) is 0 Å². The SMILES string of the molecule is CCc1ccc(C(O)Cc2ccsc2)s1. The molecular formula is C12H14OS2. The Morgan fingerprint density at radius 3 is 2.80 bits per heavy atom.